The van der Waals surface area contributed by atoms with Crippen LogP contribution in [0.25, 0.3) is 6.08 Å². The van der Waals surface area contributed by atoms with Crippen LogP contribution in [0.3, 0.4) is 0 Å². The first kappa shape index (κ1) is 20.6. The molecule has 0 saturated heterocycles. The smallest absolute Gasteiger partial charge is 0.416 e. The Balaban J connectivity index is 1.85. The van der Waals surface area contributed by atoms with E-state index in [1.807, 2.05) is 18.4 Å². The van der Waals surface area contributed by atoms with E-state index < -0.39 is 30.2 Å². The molecule has 0 spiro atoms. The normalized spacial score (nSPS) is 11.4. The van der Waals surface area contributed by atoms with Crippen LogP contribution >= 0.6 is 11.8 Å². The molecule has 0 heterocycles. The second-order valence-electron chi connectivity index (χ2n) is 5.31. The largest absolute Gasteiger partial charge is 0.452 e. The molecule has 0 saturated carbocycles. The van der Waals surface area contributed by atoms with Gasteiger partial charge in [-0.3, -0.25) is 4.79 Å². The third-order valence-corrected chi connectivity index (χ3v) is 4.17. The number of carbonyl (C=O) groups excluding carboxylic acids is 2. The molecule has 27 heavy (non-hydrogen) atoms. The number of hydrogen-bond donors (Lipinski definition) is 1. The Labute approximate surface area is 158 Å². The van der Waals surface area contributed by atoms with Crippen molar-refractivity contribution in [2.45, 2.75) is 11.1 Å². The molecule has 1 amide bonds. The molecule has 8 heteroatoms. The van der Waals surface area contributed by atoms with Crippen LogP contribution in [0.2, 0.25) is 0 Å². The summed E-state index contributed by atoms with van der Waals surface area (Å²) in [6, 6.07) is 11.5. The van der Waals surface area contributed by atoms with E-state index in [0.29, 0.717) is 11.3 Å². The summed E-state index contributed by atoms with van der Waals surface area (Å²) in [5, 5.41) is 2.64. The Morgan fingerprint density at radius 3 is 2.41 bits per heavy atom. The highest BCUT2D eigenvalue weighted by Crippen LogP contribution is 2.29. The van der Waals surface area contributed by atoms with Crippen molar-refractivity contribution in [2.24, 2.45) is 0 Å². The number of thioether (sulfide) groups is 1. The average Bonchev–Trinajstić information content (AvgIpc) is 2.64. The third-order valence-electron chi connectivity index (χ3n) is 3.38. The number of anilines is 1. The summed E-state index contributed by atoms with van der Waals surface area (Å²) in [5.74, 6) is -1.27. The lowest BCUT2D eigenvalue weighted by atomic mass is 10.1. The van der Waals surface area contributed by atoms with Gasteiger partial charge >= 0.3 is 12.1 Å². The number of benzene rings is 2. The lowest BCUT2D eigenvalue weighted by molar-refractivity contribution is -0.142. The summed E-state index contributed by atoms with van der Waals surface area (Å²) < 4.78 is 42.3. The highest BCUT2D eigenvalue weighted by atomic mass is 32.2. The predicted molar refractivity (Wildman–Crippen MR) is 98.3 cm³/mol. The maximum absolute atomic E-state index is 12.5. The van der Waals surface area contributed by atoms with Gasteiger partial charge in [0, 0.05) is 11.0 Å². The van der Waals surface area contributed by atoms with Gasteiger partial charge in [0.2, 0.25) is 0 Å². The zero-order valence-corrected chi connectivity index (χ0v) is 15.1. The summed E-state index contributed by atoms with van der Waals surface area (Å²) in [6.07, 6.45) is -0.185. The molecular weight excluding hydrogens is 379 g/mol. The number of ether oxygens (including phenoxy) is 1. The first-order valence-corrected chi connectivity index (χ1v) is 8.97. The van der Waals surface area contributed by atoms with Gasteiger partial charge in [0.15, 0.2) is 6.61 Å². The SMILES string of the molecule is CSc1ccccc1NC(=O)COC(=O)/C=C/c1ccc(C(F)(F)F)cc1. The molecule has 0 radical (unpaired) electrons. The van der Waals surface area contributed by atoms with Gasteiger partial charge in [-0.2, -0.15) is 13.2 Å². The fraction of sp³-hybridized carbons (Fsp3) is 0.158. The Morgan fingerprint density at radius 2 is 1.78 bits per heavy atom. The van der Waals surface area contributed by atoms with Gasteiger partial charge in [-0.15, -0.1) is 11.8 Å². The second kappa shape index (κ2) is 9.27. The van der Waals surface area contributed by atoms with Crippen LogP contribution in [0.1, 0.15) is 11.1 Å². The number of halogens is 3. The van der Waals surface area contributed by atoms with Gasteiger partial charge in [-0.1, -0.05) is 24.3 Å². The van der Waals surface area contributed by atoms with Gasteiger partial charge in [0.25, 0.3) is 5.91 Å². The van der Waals surface area contributed by atoms with E-state index >= 15 is 0 Å². The van der Waals surface area contributed by atoms with Crippen LogP contribution in [0.4, 0.5) is 18.9 Å². The number of carbonyl (C=O) groups is 2. The van der Waals surface area contributed by atoms with E-state index in [1.54, 1.807) is 12.1 Å². The Hall–Kier alpha value is -2.74. The zero-order chi connectivity index (χ0) is 19.9. The van der Waals surface area contributed by atoms with Crippen molar-refractivity contribution >= 4 is 35.4 Å². The standard InChI is InChI=1S/C19H16F3NO3S/c1-27-16-5-3-2-4-15(16)23-17(24)12-26-18(25)11-8-13-6-9-14(10-7-13)19(20,21)22/h2-11H,12H2,1H3,(H,23,24)/b11-8+. The molecule has 4 nitrogen and oxygen atoms in total. The fourth-order valence-electron chi connectivity index (χ4n) is 2.07. The fourth-order valence-corrected chi connectivity index (χ4v) is 2.62. The molecule has 0 aliphatic rings. The van der Waals surface area contributed by atoms with Crippen molar-refractivity contribution in [1.29, 1.82) is 0 Å². The topological polar surface area (TPSA) is 55.4 Å². The highest BCUT2D eigenvalue weighted by Gasteiger charge is 2.29. The van der Waals surface area contributed by atoms with Crippen LogP contribution in [-0.2, 0) is 20.5 Å². The Bertz CT molecular complexity index is 833. The van der Waals surface area contributed by atoms with Gasteiger partial charge in [0.05, 0.1) is 11.3 Å². The molecule has 0 aliphatic heterocycles. The number of para-hydroxylation sites is 1. The molecule has 0 fully saturated rings. The van der Waals surface area contributed by atoms with Crippen LogP contribution < -0.4 is 5.32 Å². The summed E-state index contributed by atoms with van der Waals surface area (Å²) in [5.41, 5.74) is 0.245. The monoisotopic (exact) mass is 395 g/mol. The van der Waals surface area contributed by atoms with E-state index in [1.165, 1.54) is 30.0 Å². The molecule has 2 aromatic rings. The maximum Gasteiger partial charge on any atom is 0.416 e. The highest BCUT2D eigenvalue weighted by molar-refractivity contribution is 7.98. The molecule has 2 aromatic carbocycles. The minimum Gasteiger partial charge on any atom is -0.452 e. The van der Waals surface area contributed by atoms with Crippen LogP contribution in [0.15, 0.2) is 59.5 Å². The first-order chi connectivity index (χ1) is 12.8. The molecule has 1 N–H and O–H groups in total. The van der Waals surface area contributed by atoms with E-state index in [9.17, 15) is 22.8 Å². The molecule has 0 aliphatic carbocycles. The number of esters is 1. The summed E-state index contributed by atoms with van der Waals surface area (Å²) >= 11 is 1.47. The summed E-state index contributed by atoms with van der Waals surface area (Å²) in [6.45, 7) is -0.473. The van der Waals surface area contributed by atoms with Gasteiger partial charge < -0.3 is 10.1 Å². The molecule has 0 bridgehead atoms. The number of amides is 1. The number of hydrogen-bond acceptors (Lipinski definition) is 4. The predicted octanol–water partition coefficient (Wildman–Crippen LogP) is 4.62. The van der Waals surface area contributed by atoms with Crippen LogP contribution in [0.5, 0.6) is 0 Å². The van der Waals surface area contributed by atoms with E-state index in [0.717, 1.165) is 23.1 Å². The minimum atomic E-state index is -4.41. The molecule has 0 unspecified atom stereocenters. The summed E-state index contributed by atoms with van der Waals surface area (Å²) in [7, 11) is 0. The van der Waals surface area contributed by atoms with E-state index in [2.05, 4.69) is 5.32 Å². The first-order valence-electron chi connectivity index (χ1n) is 7.74. The van der Waals surface area contributed by atoms with Crippen LogP contribution in [0, 0.1) is 0 Å². The van der Waals surface area contributed by atoms with Crippen molar-refractivity contribution < 1.29 is 27.5 Å². The van der Waals surface area contributed by atoms with Crippen molar-refractivity contribution in [3.8, 4) is 0 Å². The number of alkyl halides is 3. The zero-order valence-electron chi connectivity index (χ0n) is 14.2. The maximum atomic E-state index is 12.5. The van der Waals surface area contributed by atoms with Gasteiger partial charge in [-0.05, 0) is 42.2 Å². The number of nitrogens with one attached hydrogen (secondary N) is 1. The lowest BCUT2D eigenvalue weighted by Gasteiger charge is -2.09. The molecule has 142 valence electrons. The second-order valence-corrected chi connectivity index (χ2v) is 6.16. The average molecular weight is 395 g/mol. The minimum absolute atomic E-state index is 0.401. The number of rotatable bonds is 6. The third kappa shape index (κ3) is 6.49. The Morgan fingerprint density at radius 1 is 1.11 bits per heavy atom. The summed E-state index contributed by atoms with van der Waals surface area (Å²) in [4.78, 5) is 24.4. The van der Waals surface area contributed by atoms with Crippen LogP contribution in [-0.4, -0.2) is 24.7 Å². The van der Waals surface area contributed by atoms with E-state index in [4.69, 9.17) is 4.74 Å². The molecule has 2 rings (SSSR count). The van der Waals surface area contributed by atoms with Crippen molar-refractivity contribution in [3.05, 3.63) is 65.7 Å². The molecular formula is C19H16F3NO3S. The molecule has 0 aromatic heterocycles. The molecule has 0 atom stereocenters. The van der Waals surface area contributed by atoms with Gasteiger partial charge in [0.1, 0.15) is 0 Å². The van der Waals surface area contributed by atoms with Crippen molar-refractivity contribution in [3.63, 3.8) is 0 Å². The van der Waals surface area contributed by atoms with Crippen molar-refractivity contribution in [1.82, 2.24) is 0 Å². The lowest BCUT2D eigenvalue weighted by Crippen LogP contribution is -2.20. The van der Waals surface area contributed by atoms with Crippen molar-refractivity contribution in [2.75, 3.05) is 18.2 Å². The van der Waals surface area contributed by atoms with E-state index in [-0.39, 0.29) is 0 Å². The quantitative estimate of drug-likeness (QED) is 0.440. The van der Waals surface area contributed by atoms with Gasteiger partial charge in [-0.25, -0.2) is 4.79 Å². The Kier molecular flexibility index (Phi) is 7.06.